The van der Waals surface area contributed by atoms with Crippen LogP contribution >= 0.6 is 15.9 Å². The van der Waals surface area contributed by atoms with Gasteiger partial charge in [0.1, 0.15) is 11.9 Å². The summed E-state index contributed by atoms with van der Waals surface area (Å²) in [7, 11) is 0. The molecule has 0 aliphatic carbocycles. The molecule has 0 aliphatic heterocycles. The number of hydrogen-bond acceptors (Lipinski definition) is 3. The Morgan fingerprint density at radius 2 is 2.12 bits per heavy atom. The van der Waals surface area contributed by atoms with E-state index in [1.165, 1.54) is 6.07 Å². The number of aliphatic hydroxyl groups is 2. The average Bonchev–Trinajstić information content (AvgIpc) is 2.15. The molecule has 0 saturated carbocycles. The number of hydrogen-bond donors (Lipinski definition) is 3. The number of primary amides is 1. The molecule has 0 aromatic heterocycles. The van der Waals surface area contributed by atoms with Gasteiger partial charge < -0.3 is 15.9 Å². The van der Waals surface area contributed by atoms with Crippen LogP contribution in [0.1, 0.15) is 18.1 Å². The van der Waals surface area contributed by atoms with Crippen LogP contribution in [0.2, 0.25) is 0 Å². The third-order valence-corrected chi connectivity index (χ3v) is 2.74. The van der Waals surface area contributed by atoms with Crippen LogP contribution in [0, 0.1) is 5.82 Å². The Bertz CT molecular complexity index is 400. The van der Waals surface area contributed by atoms with E-state index in [1.54, 1.807) is 0 Å². The molecule has 88 valence electrons. The number of aliphatic hydroxyl groups excluding tert-OH is 2. The smallest absolute Gasteiger partial charge is 0.220 e. The van der Waals surface area contributed by atoms with Crippen molar-refractivity contribution in [3.8, 4) is 0 Å². The van der Waals surface area contributed by atoms with Gasteiger partial charge in [0, 0.05) is 4.47 Å². The van der Waals surface area contributed by atoms with Gasteiger partial charge in [-0.15, -0.1) is 0 Å². The van der Waals surface area contributed by atoms with Crippen molar-refractivity contribution in [3.63, 3.8) is 0 Å². The maximum atomic E-state index is 12.8. The predicted molar refractivity (Wildman–Crippen MR) is 58.9 cm³/mol. The van der Waals surface area contributed by atoms with Crippen molar-refractivity contribution in [2.45, 2.75) is 18.6 Å². The van der Waals surface area contributed by atoms with E-state index in [4.69, 9.17) is 5.73 Å². The van der Waals surface area contributed by atoms with E-state index < -0.39 is 23.9 Å². The molecule has 0 aliphatic rings. The summed E-state index contributed by atoms with van der Waals surface area (Å²) in [4.78, 5) is 10.6. The average molecular weight is 292 g/mol. The van der Waals surface area contributed by atoms with E-state index in [-0.39, 0.29) is 6.42 Å². The Hall–Kier alpha value is -0.980. The molecular weight excluding hydrogens is 281 g/mol. The number of nitrogens with two attached hydrogens (primary N) is 1. The molecule has 4 N–H and O–H groups in total. The molecule has 0 bridgehead atoms. The molecule has 2 atom stereocenters. The zero-order valence-electron chi connectivity index (χ0n) is 8.23. The lowest BCUT2D eigenvalue weighted by molar-refractivity contribution is -0.121. The summed E-state index contributed by atoms with van der Waals surface area (Å²) in [5, 5.41) is 19.2. The van der Waals surface area contributed by atoms with Crippen LogP contribution in [0.5, 0.6) is 0 Å². The van der Waals surface area contributed by atoms with Gasteiger partial charge in [0.15, 0.2) is 0 Å². The topological polar surface area (TPSA) is 83.6 Å². The van der Waals surface area contributed by atoms with E-state index in [2.05, 4.69) is 15.9 Å². The Balaban J connectivity index is 2.87. The van der Waals surface area contributed by atoms with Gasteiger partial charge in [-0.1, -0.05) is 22.0 Å². The highest BCUT2D eigenvalue weighted by Crippen LogP contribution is 2.27. The molecule has 0 saturated heterocycles. The summed E-state index contributed by atoms with van der Waals surface area (Å²) >= 11 is 3.05. The zero-order chi connectivity index (χ0) is 12.3. The predicted octanol–water partition coefficient (Wildman–Crippen LogP) is 0.858. The van der Waals surface area contributed by atoms with E-state index in [1.807, 2.05) is 0 Å². The highest BCUT2D eigenvalue weighted by molar-refractivity contribution is 9.10. The van der Waals surface area contributed by atoms with Crippen LogP contribution in [0.25, 0.3) is 0 Å². The summed E-state index contributed by atoms with van der Waals surface area (Å²) < 4.78 is 13.1. The Kier molecular flexibility index (Phi) is 4.40. The van der Waals surface area contributed by atoms with Crippen LogP contribution in [0.3, 0.4) is 0 Å². The first-order valence-electron chi connectivity index (χ1n) is 4.51. The lowest BCUT2D eigenvalue weighted by Crippen LogP contribution is -2.25. The molecule has 0 heterocycles. The van der Waals surface area contributed by atoms with Crippen LogP contribution in [0.15, 0.2) is 22.7 Å². The van der Waals surface area contributed by atoms with Gasteiger partial charge in [0.25, 0.3) is 0 Å². The second kappa shape index (κ2) is 5.38. The lowest BCUT2D eigenvalue weighted by atomic mass is 10.0. The SMILES string of the molecule is NC(=O)CC(O)C(O)c1ccc(F)cc1Br. The molecule has 0 radical (unpaired) electrons. The first kappa shape index (κ1) is 13.1. The number of halogens is 2. The van der Waals surface area contributed by atoms with E-state index >= 15 is 0 Å². The van der Waals surface area contributed by atoms with E-state index in [0.29, 0.717) is 10.0 Å². The normalized spacial score (nSPS) is 14.5. The Morgan fingerprint density at radius 3 is 2.62 bits per heavy atom. The highest BCUT2D eigenvalue weighted by atomic mass is 79.9. The van der Waals surface area contributed by atoms with Crippen LogP contribution < -0.4 is 5.73 Å². The maximum absolute atomic E-state index is 12.8. The van der Waals surface area contributed by atoms with Crippen molar-refractivity contribution in [3.05, 3.63) is 34.1 Å². The van der Waals surface area contributed by atoms with Crippen molar-refractivity contribution >= 4 is 21.8 Å². The molecule has 1 rings (SSSR count). The summed E-state index contributed by atoms with van der Waals surface area (Å²) in [6.45, 7) is 0. The minimum Gasteiger partial charge on any atom is -0.390 e. The van der Waals surface area contributed by atoms with E-state index in [0.717, 1.165) is 12.1 Å². The summed E-state index contributed by atoms with van der Waals surface area (Å²) in [5.41, 5.74) is 5.19. The largest absolute Gasteiger partial charge is 0.390 e. The first-order chi connectivity index (χ1) is 7.41. The molecule has 1 amide bonds. The first-order valence-corrected chi connectivity index (χ1v) is 5.30. The second-order valence-electron chi connectivity index (χ2n) is 3.35. The van der Waals surface area contributed by atoms with Crippen molar-refractivity contribution in [2.75, 3.05) is 0 Å². The highest BCUT2D eigenvalue weighted by Gasteiger charge is 2.22. The summed E-state index contributed by atoms with van der Waals surface area (Å²) in [5.74, 6) is -1.18. The molecule has 4 nitrogen and oxygen atoms in total. The van der Waals surface area contributed by atoms with Gasteiger partial charge in [0.2, 0.25) is 5.91 Å². The van der Waals surface area contributed by atoms with Crippen LogP contribution in [-0.4, -0.2) is 22.2 Å². The molecular formula is C10H11BrFNO3. The third-order valence-electron chi connectivity index (χ3n) is 2.06. The molecule has 0 fully saturated rings. The van der Waals surface area contributed by atoms with E-state index in [9.17, 15) is 19.4 Å². The minimum absolute atomic E-state index is 0.301. The van der Waals surface area contributed by atoms with Crippen molar-refractivity contribution in [1.82, 2.24) is 0 Å². The second-order valence-corrected chi connectivity index (χ2v) is 4.20. The third kappa shape index (κ3) is 3.26. The number of rotatable bonds is 4. The van der Waals surface area contributed by atoms with Crippen molar-refractivity contribution in [1.29, 1.82) is 0 Å². The number of benzene rings is 1. The zero-order valence-corrected chi connectivity index (χ0v) is 9.82. The number of amides is 1. The Morgan fingerprint density at radius 1 is 1.50 bits per heavy atom. The molecule has 2 unspecified atom stereocenters. The fraction of sp³-hybridized carbons (Fsp3) is 0.300. The standard InChI is InChI=1S/C10H11BrFNO3/c11-7-3-5(12)1-2-6(7)10(16)8(14)4-9(13)15/h1-3,8,10,14,16H,4H2,(H2,13,15). The van der Waals surface area contributed by atoms with Gasteiger partial charge in [-0.3, -0.25) is 4.79 Å². The summed E-state index contributed by atoms with van der Waals surface area (Å²) in [6.07, 6.45) is -2.95. The van der Waals surface area contributed by atoms with Gasteiger partial charge in [-0.05, 0) is 17.7 Å². The molecule has 16 heavy (non-hydrogen) atoms. The van der Waals surface area contributed by atoms with Gasteiger partial charge in [0.05, 0.1) is 12.5 Å². The Labute approximate surface area is 100 Å². The molecule has 1 aromatic carbocycles. The van der Waals surface area contributed by atoms with Crippen LogP contribution in [0.4, 0.5) is 4.39 Å². The monoisotopic (exact) mass is 291 g/mol. The fourth-order valence-electron chi connectivity index (χ4n) is 1.27. The van der Waals surface area contributed by atoms with Gasteiger partial charge in [-0.2, -0.15) is 0 Å². The van der Waals surface area contributed by atoms with Crippen LogP contribution in [-0.2, 0) is 4.79 Å². The number of carbonyl (C=O) groups is 1. The maximum Gasteiger partial charge on any atom is 0.220 e. The molecule has 0 spiro atoms. The quantitative estimate of drug-likeness (QED) is 0.769. The van der Waals surface area contributed by atoms with Gasteiger partial charge in [-0.25, -0.2) is 4.39 Å². The molecule has 1 aromatic rings. The van der Waals surface area contributed by atoms with Gasteiger partial charge >= 0.3 is 0 Å². The minimum atomic E-state index is -1.31. The number of carbonyl (C=O) groups excluding carboxylic acids is 1. The molecule has 6 heteroatoms. The summed E-state index contributed by atoms with van der Waals surface area (Å²) in [6, 6.07) is 3.64. The van der Waals surface area contributed by atoms with Crippen molar-refractivity contribution < 1.29 is 19.4 Å². The fourth-order valence-corrected chi connectivity index (χ4v) is 1.85. The van der Waals surface area contributed by atoms with Crippen molar-refractivity contribution in [2.24, 2.45) is 5.73 Å². The lowest BCUT2D eigenvalue weighted by Gasteiger charge is -2.18.